The quantitative estimate of drug-likeness (QED) is 0.410. The number of halogens is 3. The van der Waals surface area contributed by atoms with Crippen molar-refractivity contribution in [3.8, 4) is 11.5 Å². The molecule has 2 aromatic carbocycles. The molecule has 0 bridgehead atoms. The second-order valence-electron chi connectivity index (χ2n) is 10.6. The Morgan fingerprint density at radius 3 is 2.52 bits per heavy atom. The topological polar surface area (TPSA) is 105 Å². The lowest BCUT2D eigenvalue weighted by Crippen LogP contribution is -3.11. The number of hydrogen-bond donors (Lipinski definition) is 3. The smallest absolute Gasteiger partial charge is 0.496 e. The molecule has 1 atom stereocenters. The fraction of sp³-hybridized carbons (Fsp3) is 0.367. The number of methoxy groups -OCH3 is 1. The van der Waals surface area contributed by atoms with Gasteiger partial charge in [-0.05, 0) is 73.4 Å². The average molecular weight is 586 g/mol. The van der Waals surface area contributed by atoms with Gasteiger partial charge in [-0.2, -0.15) is 4.99 Å². The number of hydrogen-bond acceptors (Lipinski definition) is 6. The summed E-state index contributed by atoms with van der Waals surface area (Å²) >= 11 is 0. The average Bonchev–Trinajstić information content (AvgIpc) is 3.39. The second-order valence-corrected chi connectivity index (χ2v) is 10.6. The summed E-state index contributed by atoms with van der Waals surface area (Å²) in [7, 11) is 1.39. The van der Waals surface area contributed by atoms with Gasteiger partial charge in [-0.15, -0.1) is 13.2 Å². The van der Waals surface area contributed by atoms with Crippen molar-refractivity contribution < 1.29 is 42.2 Å². The van der Waals surface area contributed by atoms with Crippen molar-refractivity contribution in [2.75, 3.05) is 18.7 Å². The number of rotatable bonds is 9. The van der Waals surface area contributed by atoms with Crippen LogP contribution < -0.4 is 24.6 Å². The monoisotopic (exact) mass is 585 g/mol. The number of nitrogens with one attached hydrogen (secondary N) is 2. The van der Waals surface area contributed by atoms with Crippen molar-refractivity contribution in [2.24, 2.45) is 10.9 Å². The van der Waals surface area contributed by atoms with Gasteiger partial charge in [0.2, 0.25) is 5.84 Å². The predicted molar refractivity (Wildman–Crippen MR) is 148 cm³/mol. The van der Waals surface area contributed by atoms with Gasteiger partial charge in [0.15, 0.2) is 12.4 Å². The summed E-state index contributed by atoms with van der Waals surface area (Å²) in [5, 5.41) is 11.7. The Bertz CT molecular complexity index is 1410. The fourth-order valence-corrected chi connectivity index (χ4v) is 5.68. The number of aliphatic carboxylic acids is 1. The van der Waals surface area contributed by atoms with Crippen LogP contribution >= 0.6 is 0 Å². The van der Waals surface area contributed by atoms with Crippen LogP contribution in [0.3, 0.4) is 0 Å². The van der Waals surface area contributed by atoms with Crippen molar-refractivity contribution in [3.05, 3.63) is 77.8 Å². The number of aliphatic imine (C=N–C) groups is 1. The van der Waals surface area contributed by atoms with E-state index in [1.807, 2.05) is 12.3 Å². The lowest BCUT2D eigenvalue weighted by atomic mass is 9.77. The van der Waals surface area contributed by atoms with Crippen molar-refractivity contribution in [3.63, 3.8) is 0 Å². The molecular formula is C30H32F3N4O5+. The van der Waals surface area contributed by atoms with Gasteiger partial charge in [0.25, 0.3) is 5.91 Å². The molecule has 42 heavy (non-hydrogen) atoms. The lowest BCUT2D eigenvalue weighted by Gasteiger charge is -2.29. The summed E-state index contributed by atoms with van der Waals surface area (Å²) in [6.07, 6.45) is 4.74. The summed E-state index contributed by atoms with van der Waals surface area (Å²) in [6.45, 7) is 0.445. The van der Waals surface area contributed by atoms with Crippen molar-refractivity contribution in [2.45, 2.75) is 50.9 Å². The molecule has 9 nitrogen and oxygen atoms in total. The van der Waals surface area contributed by atoms with Crippen LogP contribution in [0.25, 0.3) is 0 Å². The van der Waals surface area contributed by atoms with E-state index in [9.17, 15) is 22.8 Å². The molecule has 1 amide bonds. The maximum absolute atomic E-state index is 12.9. The molecule has 0 radical (unpaired) electrons. The van der Waals surface area contributed by atoms with Crippen LogP contribution in [0, 0.1) is 5.92 Å². The number of quaternary nitrogens is 1. The number of ether oxygens (including phenoxy) is 2. The highest BCUT2D eigenvalue weighted by molar-refractivity contribution is 5.99. The maximum atomic E-state index is 12.9. The Hall–Kier alpha value is -4.32. The Morgan fingerprint density at radius 1 is 1.12 bits per heavy atom. The predicted octanol–water partition coefficient (Wildman–Crippen LogP) is 4.09. The van der Waals surface area contributed by atoms with Crippen LogP contribution in [0.4, 0.5) is 18.9 Å². The van der Waals surface area contributed by atoms with Crippen LogP contribution in [-0.4, -0.2) is 43.0 Å². The van der Waals surface area contributed by atoms with Gasteiger partial charge in [0, 0.05) is 36.5 Å². The van der Waals surface area contributed by atoms with E-state index in [0.717, 1.165) is 42.3 Å². The minimum absolute atomic E-state index is 0.0793. The van der Waals surface area contributed by atoms with Crippen LogP contribution in [-0.2, 0) is 16.1 Å². The number of fused-ring (bicyclic) bond motifs is 1. The van der Waals surface area contributed by atoms with Gasteiger partial charge in [0.05, 0.1) is 7.11 Å². The van der Waals surface area contributed by atoms with E-state index in [4.69, 9.17) is 9.84 Å². The number of carboxylic acids is 1. The fourth-order valence-electron chi connectivity index (χ4n) is 5.68. The Labute approximate surface area is 240 Å². The summed E-state index contributed by atoms with van der Waals surface area (Å²) in [5.41, 5.74) is 2.80. The molecule has 222 valence electrons. The third kappa shape index (κ3) is 7.11. The summed E-state index contributed by atoms with van der Waals surface area (Å²) in [4.78, 5) is 31.2. The minimum Gasteiger partial charge on any atom is -0.496 e. The van der Waals surface area contributed by atoms with E-state index >= 15 is 0 Å². The van der Waals surface area contributed by atoms with E-state index in [0.29, 0.717) is 29.7 Å². The van der Waals surface area contributed by atoms with Crippen LogP contribution in [0.2, 0.25) is 0 Å². The number of anilines is 1. The zero-order valence-electron chi connectivity index (χ0n) is 23.0. The molecule has 12 heteroatoms. The maximum Gasteiger partial charge on any atom is 0.573 e. The van der Waals surface area contributed by atoms with Gasteiger partial charge in [-0.25, -0.2) is 4.90 Å². The SMILES string of the molecule is COc1ccc(OC(F)(F)F)cc1CNC(=O)C1=C[NH+]2CN(c3ccc(C4CCC(CC(=O)O)CC4)cc3)C=CC2=N1. The summed E-state index contributed by atoms with van der Waals surface area (Å²) < 4.78 is 47.1. The first-order valence-electron chi connectivity index (χ1n) is 13.7. The number of carbonyl (C=O) groups excluding carboxylic acids is 1. The van der Waals surface area contributed by atoms with Crippen LogP contribution in [0.15, 0.2) is 71.6 Å². The molecule has 1 unspecified atom stereocenters. The molecule has 0 saturated heterocycles. The standard InChI is InChI=1S/C30H31F3N4O5/c1-41-26-11-10-24(42-30(31,32)33)15-22(26)16-34-29(40)25-17-37-18-36(13-12-27(37)35-25)23-8-6-21(7-9-23)20-4-2-19(3-5-20)14-28(38)39/h6-13,15,17,19-20H,2-5,14,16,18H2,1H3,(H,34,40)(H,38,39)/p+1. The zero-order valence-corrected chi connectivity index (χ0v) is 23.0. The zero-order chi connectivity index (χ0) is 29.9. The molecule has 1 aliphatic carbocycles. The molecule has 0 spiro atoms. The van der Waals surface area contributed by atoms with Gasteiger partial charge < -0.3 is 19.9 Å². The van der Waals surface area contributed by atoms with Gasteiger partial charge in [-0.1, -0.05) is 12.1 Å². The molecule has 2 heterocycles. The molecular weight excluding hydrogens is 553 g/mol. The Kier molecular flexibility index (Phi) is 8.53. The Morgan fingerprint density at radius 2 is 1.86 bits per heavy atom. The van der Waals surface area contributed by atoms with Gasteiger partial charge >= 0.3 is 12.3 Å². The van der Waals surface area contributed by atoms with Crippen molar-refractivity contribution in [1.82, 2.24) is 5.32 Å². The molecule has 5 rings (SSSR count). The Balaban J connectivity index is 1.17. The van der Waals surface area contributed by atoms with Gasteiger partial charge in [-0.3, -0.25) is 14.5 Å². The highest BCUT2D eigenvalue weighted by Crippen LogP contribution is 2.37. The van der Waals surface area contributed by atoms with E-state index < -0.39 is 24.0 Å². The number of carboxylic acid groups (broad SMARTS) is 1. The largest absolute Gasteiger partial charge is 0.573 e. The van der Waals surface area contributed by atoms with E-state index in [1.54, 1.807) is 6.20 Å². The van der Waals surface area contributed by atoms with Crippen molar-refractivity contribution in [1.29, 1.82) is 0 Å². The normalized spacial score (nSPS) is 21.7. The molecule has 3 N–H and O–H groups in total. The number of nitrogens with zero attached hydrogens (tertiary/aromatic N) is 2. The number of alkyl halides is 3. The molecule has 1 saturated carbocycles. The number of amidine groups is 1. The first-order chi connectivity index (χ1) is 20.1. The highest BCUT2D eigenvalue weighted by atomic mass is 19.4. The lowest BCUT2D eigenvalue weighted by molar-refractivity contribution is -0.742. The molecule has 3 aliphatic rings. The molecule has 2 aliphatic heterocycles. The molecule has 2 aromatic rings. The first kappa shape index (κ1) is 29.2. The van der Waals surface area contributed by atoms with Crippen molar-refractivity contribution >= 4 is 23.4 Å². The number of amides is 1. The third-order valence-corrected chi connectivity index (χ3v) is 7.80. The minimum atomic E-state index is -4.83. The summed E-state index contributed by atoms with van der Waals surface area (Å²) in [6, 6.07) is 12.1. The second kappa shape index (κ2) is 12.3. The van der Waals surface area contributed by atoms with Gasteiger partial charge in [0.1, 0.15) is 17.7 Å². The number of carbonyl (C=O) groups is 2. The molecule has 0 aromatic heterocycles. The highest BCUT2D eigenvalue weighted by Gasteiger charge is 2.32. The third-order valence-electron chi connectivity index (χ3n) is 7.80. The number of benzene rings is 2. The van der Waals surface area contributed by atoms with E-state index in [-0.39, 0.29) is 24.6 Å². The molecule has 1 fully saturated rings. The first-order valence-corrected chi connectivity index (χ1v) is 13.7. The van der Waals surface area contributed by atoms with E-state index in [2.05, 4.69) is 44.2 Å². The van der Waals surface area contributed by atoms with E-state index in [1.165, 1.54) is 24.8 Å². The summed E-state index contributed by atoms with van der Waals surface area (Å²) in [5.74, 6) is 0.111. The van der Waals surface area contributed by atoms with Crippen LogP contribution in [0.1, 0.15) is 49.1 Å². The van der Waals surface area contributed by atoms with Crippen LogP contribution in [0.5, 0.6) is 11.5 Å².